The zero-order chi connectivity index (χ0) is 8.48. The summed E-state index contributed by atoms with van der Waals surface area (Å²) < 4.78 is 22.1. The first-order valence-corrected chi connectivity index (χ1v) is 5.82. The maximum absolute atomic E-state index is 11.0. The fourth-order valence-corrected chi connectivity index (χ4v) is 2.30. The Balaban J connectivity index is 2.68. The maximum Gasteiger partial charge on any atom is 0.171 e. The molecule has 11 heavy (non-hydrogen) atoms. The number of rotatable bonds is 2. The lowest BCUT2D eigenvalue weighted by Crippen LogP contribution is -2.00. The molecule has 0 radical (unpaired) electrons. The van der Waals surface area contributed by atoms with E-state index in [1.807, 2.05) is 6.08 Å². The van der Waals surface area contributed by atoms with Crippen LogP contribution in [-0.2, 0) is 9.84 Å². The first-order chi connectivity index (χ1) is 5.04. The molecule has 0 aliphatic heterocycles. The van der Waals surface area contributed by atoms with Gasteiger partial charge in [-0.25, -0.2) is 8.42 Å². The van der Waals surface area contributed by atoms with E-state index >= 15 is 0 Å². The molecule has 0 spiro atoms. The third-order valence-corrected chi connectivity index (χ3v) is 3.51. The highest BCUT2D eigenvalue weighted by molar-refractivity contribution is 7.94. The molecule has 0 N–H and O–H groups in total. The van der Waals surface area contributed by atoms with E-state index in [1.54, 1.807) is 0 Å². The predicted octanol–water partition coefficient (Wildman–Crippen LogP) is 1.73. The van der Waals surface area contributed by atoms with Crippen LogP contribution in [0.15, 0.2) is 11.0 Å². The molecule has 1 rings (SSSR count). The van der Waals surface area contributed by atoms with E-state index in [1.165, 1.54) is 6.26 Å². The maximum atomic E-state index is 11.0. The summed E-state index contributed by atoms with van der Waals surface area (Å²) in [6.07, 6.45) is 5.93. The molecule has 0 bridgehead atoms. The van der Waals surface area contributed by atoms with Crippen LogP contribution in [0.25, 0.3) is 0 Å². The van der Waals surface area contributed by atoms with Gasteiger partial charge in [0.15, 0.2) is 9.84 Å². The van der Waals surface area contributed by atoms with E-state index in [-0.39, 0.29) is 0 Å². The topological polar surface area (TPSA) is 34.1 Å². The van der Waals surface area contributed by atoms with Crippen LogP contribution < -0.4 is 0 Å². The van der Waals surface area contributed by atoms with E-state index in [0.717, 1.165) is 19.3 Å². The van der Waals surface area contributed by atoms with Gasteiger partial charge in [-0.2, -0.15) is 0 Å². The summed E-state index contributed by atoms with van der Waals surface area (Å²) >= 11 is 0. The largest absolute Gasteiger partial charge is 0.224 e. The summed E-state index contributed by atoms with van der Waals surface area (Å²) in [4.78, 5) is 0.643. The number of hydrogen-bond donors (Lipinski definition) is 0. The van der Waals surface area contributed by atoms with E-state index in [4.69, 9.17) is 0 Å². The van der Waals surface area contributed by atoms with Crippen LogP contribution in [0.3, 0.4) is 0 Å². The zero-order valence-corrected chi connectivity index (χ0v) is 7.82. The SMILES string of the molecule is CC[C@H]1CC=C(S(C)(=O)=O)C1. The molecule has 0 aromatic rings. The Morgan fingerprint density at radius 2 is 2.27 bits per heavy atom. The quantitative estimate of drug-likeness (QED) is 0.639. The molecule has 0 heterocycles. The van der Waals surface area contributed by atoms with Gasteiger partial charge in [-0.05, 0) is 18.8 Å². The second kappa shape index (κ2) is 2.97. The lowest BCUT2D eigenvalue weighted by Gasteiger charge is -2.04. The molecule has 1 atom stereocenters. The summed E-state index contributed by atoms with van der Waals surface area (Å²) in [5.74, 6) is 0.569. The number of sulfone groups is 1. The molecular formula is C8H14O2S. The molecular weight excluding hydrogens is 160 g/mol. The van der Waals surface area contributed by atoms with Crippen LogP contribution >= 0.6 is 0 Å². The average Bonchev–Trinajstić information content (AvgIpc) is 2.32. The second-order valence-electron chi connectivity index (χ2n) is 3.16. The molecule has 0 aromatic carbocycles. The number of allylic oxidation sites excluding steroid dienone is 2. The van der Waals surface area contributed by atoms with Crippen molar-refractivity contribution in [3.05, 3.63) is 11.0 Å². The van der Waals surface area contributed by atoms with Crippen molar-refractivity contribution >= 4 is 9.84 Å². The molecule has 2 nitrogen and oxygen atoms in total. The zero-order valence-electron chi connectivity index (χ0n) is 7.00. The Bertz CT molecular complexity index is 262. The molecule has 1 aliphatic rings. The van der Waals surface area contributed by atoms with E-state index < -0.39 is 9.84 Å². The molecule has 0 amide bonds. The average molecular weight is 174 g/mol. The molecule has 0 saturated heterocycles. The Hall–Kier alpha value is -0.310. The van der Waals surface area contributed by atoms with Crippen LogP contribution in [0.4, 0.5) is 0 Å². The summed E-state index contributed by atoms with van der Waals surface area (Å²) in [7, 11) is -2.88. The minimum atomic E-state index is -2.88. The second-order valence-corrected chi connectivity index (χ2v) is 5.23. The molecule has 0 unspecified atom stereocenters. The monoisotopic (exact) mass is 174 g/mol. The van der Waals surface area contributed by atoms with Gasteiger partial charge < -0.3 is 0 Å². The first-order valence-electron chi connectivity index (χ1n) is 3.93. The molecule has 1 aliphatic carbocycles. The van der Waals surface area contributed by atoms with Crippen molar-refractivity contribution < 1.29 is 8.42 Å². The van der Waals surface area contributed by atoms with Gasteiger partial charge in [0.25, 0.3) is 0 Å². The summed E-state index contributed by atoms with van der Waals surface area (Å²) in [5, 5.41) is 0. The van der Waals surface area contributed by atoms with Crippen molar-refractivity contribution in [1.29, 1.82) is 0 Å². The molecule has 0 saturated carbocycles. The third kappa shape index (κ3) is 2.06. The standard InChI is InChI=1S/C8H14O2S/c1-3-7-4-5-8(6-7)11(2,9)10/h5,7H,3-4,6H2,1-2H3/t7-/m0/s1. The van der Waals surface area contributed by atoms with Crippen molar-refractivity contribution in [2.75, 3.05) is 6.26 Å². The van der Waals surface area contributed by atoms with E-state index in [2.05, 4.69) is 6.92 Å². The normalized spacial score (nSPS) is 25.3. The van der Waals surface area contributed by atoms with E-state index in [0.29, 0.717) is 10.8 Å². The van der Waals surface area contributed by atoms with Gasteiger partial charge in [-0.1, -0.05) is 19.4 Å². The summed E-state index contributed by atoms with van der Waals surface area (Å²) in [6.45, 7) is 2.10. The van der Waals surface area contributed by atoms with Gasteiger partial charge in [0.05, 0.1) is 0 Å². The lowest BCUT2D eigenvalue weighted by molar-refractivity contribution is 0.544. The van der Waals surface area contributed by atoms with Crippen LogP contribution in [0.1, 0.15) is 26.2 Å². The number of hydrogen-bond acceptors (Lipinski definition) is 2. The van der Waals surface area contributed by atoms with Crippen molar-refractivity contribution in [2.45, 2.75) is 26.2 Å². The Labute approximate surface area is 68.2 Å². The van der Waals surface area contributed by atoms with Gasteiger partial charge in [0.1, 0.15) is 0 Å². The molecule has 64 valence electrons. The third-order valence-electron chi connectivity index (χ3n) is 2.22. The van der Waals surface area contributed by atoms with Crippen molar-refractivity contribution in [2.24, 2.45) is 5.92 Å². The highest BCUT2D eigenvalue weighted by atomic mass is 32.2. The molecule has 0 fully saturated rings. The van der Waals surface area contributed by atoms with Crippen LogP contribution in [0.5, 0.6) is 0 Å². The van der Waals surface area contributed by atoms with Crippen LogP contribution in [-0.4, -0.2) is 14.7 Å². The Kier molecular flexibility index (Phi) is 2.37. The highest BCUT2D eigenvalue weighted by Gasteiger charge is 2.21. The molecule has 0 aromatic heterocycles. The van der Waals surface area contributed by atoms with Crippen molar-refractivity contribution in [3.8, 4) is 0 Å². The fraction of sp³-hybridized carbons (Fsp3) is 0.750. The van der Waals surface area contributed by atoms with Crippen LogP contribution in [0.2, 0.25) is 0 Å². The van der Waals surface area contributed by atoms with Crippen molar-refractivity contribution in [3.63, 3.8) is 0 Å². The highest BCUT2D eigenvalue weighted by Crippen LogP contribution is 2.29. The molecule has 3 heteroatoms. The minimum absolute atomic E-state index is 0.569. The van der Waals surface area contributed by atoms with Crippen LogP contribution in [0, 0.1) is 5.92 Å². The Morgan fingerprint density at radius 1 is 1.64 bits per heavy atom. The summed E-state index contributed by atoms with van der Waals surface area (Å²) in [6, 6.07) is 0. The fourth-order valence-electron chi connectivity index (χ4n) is 1.36. The Morgan fingerprint density at radius 3 is 2.55 bits per heavy atom. The van der Waals surface area contributed by atoms with Crippen molar-refractivity contribution in [1.82, 2.24) is 0 Å². The van der Waals surface area contributed by atoms with Gasteiger partial charge >= 0.3 is 0 Å². The van der Waals surface area contributed by atoms with Gasteiger partial charge in [-0.15, -0.1) is 0 Å². The minimum Gasteiger partial charge on any atom is -0.224 e. The predicted molar refractivity (Wildman–Crippen MR) is 45.9 cm³/mol. The lowest BCUT2D eigenvalue weighted by atomic mass is 10.1. The van der Waals surface area contributed by atoms with Gasteiger partial charge in [0.2, 0.25) is 0 Å². The van der Waals surface area contributed by atoms with Gasteiger partial charge in [-0.3, -0.25) is 0 Å². The van der Waals surface area contributed by atoms with E-state index in [9.17, 15) is 8.42 Å². The summed E-state index contributed by atoms with van der Waals surface area (Å²) in [5.41, 5.74) is 0. The smallest absolute Gasteiger partial charge is 0.171 e. The first kappa shape index (κ1) is 8.78. The van der Waals surface area contributed by atoms with Gasteiger partial charge in [0, 0.05) is 11.2 Å².